The SMILES string of the molecule is CC(C)(C)OC(=O)N1CO[C@@H](COC(N)=O)C[C@H]1C(=O)N[C@H](C(=O)O)[C@H]1O[C@@H](n2ccc(=O)[nH]c2=O)[C@H](O)[C@@H]1O. The van der Waals surface area contributed by atoms with Gasteiger partial charge in [-0.2, -0.15) is 0 Å². The summed E-state index contributed by atoms with van der Waals surface area (Å²) in [5.74, 6) is -2.70. The number of H-pyrrole nitrogens is 1. The van der Waals surface area contributed by atoms with Crippen molar-refractivity contribution < 1.29 is 53.4 Å². The normalized spacial score (nSPS) is 27.5. The first kappa shape index (κ1) is 30.5. The Morgan fingerprint density at radius 3 is 2.48 bits per heavy atom. The largest absolute Gasteiger partial charge is 0.480 e. The summed E-state index contributed by atoms with van der Waals surface area (Å²) in [6, 6.07) is -2.43. The van der Waals surface area contributed by atoms with Crippen LogP contribution in [-0.4, -0.2) is 109 Å². The highest BCUT2D eigenvalue weighted by Crippen LogP contribution is 2.30. The molecule has 0 radical (unpaired) electrons. The van der Waals surface area contributed by atoms with Crippen molar-refractivity contribution in [1.29, 1.82) is 0 Å². The van der Waals surface area contributed by atoms with Crippen molar-refractivity contribution in [2.75, 3.05) is 13.3 Å². The van der Waals surface area contributed by atoms with Crippen molar-refractivity contribution in [3.05, 3.63) is 33.1 Å². The Labute approximate surface area is 225 Å². The second-order valence-electron chi connectivity index (χ2n) is 10.1. The molecule has 18 nitrogen and oxygen atoms in total. The third-order valence-electron chi connectivity index (χ3n) is 5.95. The van der Waals surface area contributed by atoms with Crippen LogP contribution in [0, 0.1) is 0 Å². The Hall–Kier alpha value is -4.00. The molecule has 1 aromatic rings. The highest BCUT2D eigenvalue weighted by atomic mass is 16.6. The maximum absolute atomic E-state index is 13.4. The first-order valence-corrected chi connectivity index (χ1v) is 12.0. The van der Waals surface area contributed by atoms with Gasteiger partial charge in [-0.25, -0.2) is 19.2 Å². The van der Waals surface area contributed by atoms with E-state index in [0.29, 0.717) is 0 Å². The summed E-state index contributed by atoms with van der Waals surface area (Å²) in [4.78, 5) is 75.6. The molecule has 3 amide bonds. The van der Waals surface area contributed by atoms with E-state index in [4.69, 9.17) is 24.7 Å². The van der Waals surface area contributed by atoms with Gasteiger partial charge in [0.05, 0.1) is 6.10 Å². The molecule has 0 saturated carbocycles. The predicted octanol–water partition coefficient (Wildman–Crippen LogP) is -2.83. The Kier molecular flexibility index (Phi) is 9.18. The average Bonchev–Trinajstić information content (AvgIpc) is 3.13. The quantitative estimate of drug-likeness (QED) is 0.192. The molecule has 3 heterocycles. The fraction of sp³-hybridized carbons (Fsp3) is 0.636. The van der Waals surface area contributed by atoms with Crippen LogP contribution in [-0.2, 0) is 28.5 Å². The molecule has 0 aliphatic carbocycles. The number of aliphatic carboxylic acids is 1. The molecule has 7 N–H and O–H groups in total. The number of primary amides is 1. The highest BCUT2D eigenvalue weighted by molar-refractivity contribution is 5.89. The minimum atomic E-state index is -1.98. The second-order valence-corrected chi connectivity index (χ2v) is 10.1. The number of nitrogens with one attached hydrogen (secondary N) is 2. The van der Waals surface area contributed by atoms with Gasteiger partial charge >= 0.3 is 23.8 Å². The molecular weight excluding hydrogens is 542 g/mol. The lowest BCUT2D eigenvalue weighted by molar-refractivity contribution is -0.154. The van der Waals surface area contributed by atoms with E-state index in [1.807, 2.05) is 4.98 Å². The summed E-state index contributed by atoms with van der Waals surface area (Å²) < 4.78 is 21.7. The van der Waals surface area contributed by atoms with E-state index in [-0.39, 0.29) is 13.0 Å². The molecule has 0 unspecified atom stereocenters. The monoisotopic (exact) mass is 573 g/mol. The van der Waals surface area contributed by atoms with Gasteiger partial charge in [0, 0.05) is 18.7 Å². The van der Waals surface area contributed by atoms with Gasteiger partial charge in [0.2, 0.25) is 5.91 Å². The van der Waals surface area contributed by atoms with Crippen molar-refractivity contribution in [1.82, 2.24) is 19.8 Å². The van der Waals surface area contributed by atoms with Crippen LogP contribution < -0.4 is 22.3 Å². The number of carboxylic acid groups (broad SMARTS) is 1. The van der Waals surface area contributed by atoms with E-state index in [1.54, 1.807) is 20.8 Å². The molecule has 2 aliphatic heterocycles. The standard InChI is InChI=1S/C22H31N5O13/c1-22(2,3)40-21(36)27-8-38-9(7-37-19(23)34)6-10(27)16(31)25-12(18(32)33)15-13(29)14(30)17(39-15)26-5-4-11(28)24-20(26)35/h4-5,9-10,12-15,17,29-30H,6-8H2,1-3H3,(H2,23,34)(H,25,31)(H,32,33)(H,24,28,35)/t9-,10+,12+,13+,14-,15-,17-/m1/s1. The summed E-state index contributed by atoms with van der Waals surface area (Å²) >= 11 is 0. The number of carbonyl (C=O) groups is 4. The molecule has 1 aromatic heterocycles. The van der Waals surface area contributed by atoms with Gasteiger partial charge in [0.15, 0.2) is 12.3 Å². The number of nitrogens with two attached hydrogens (primary N) is 1. The maximum Gasteiger partial charge on any atom is 0.412 e. The van der Waals surface area contributed by atoms with Crippen molar-refractivity contribution in [3.63, 3.8) is 0 Å². The fourth-order valence-corrected chi connectivity index (χ4v) is 4.11. The predicted molar refractivity (Wildman–Crippen MR) is 129 cm³/mol. The van der Waals surface area contributed by atoms with Crippen LogP contribution in [0.4, 0.5) is 9.59 Å². The van der Waals surface area contributed by atoms with Gasteiger partial charge in [0.25, 0.3) is 5.56 Å². The van der Waals surface area contributed by atoms with Crippen molar-refractivity contribution in [3.8, 4) is 0 Å². The van der Waals surface area contributed by atoms with Crippen LogP contribution in [0.15, 0.2) is 21.9 Å². The number of aromatic amines is 1. The Bertz CT molecular complexity index is 1240. The first-order valence-electron chi connectivity index (χ1n) is 12.0. The zero-order chi connectivity index (χ0) is 29.9. The minimum Gasteiger partial charge on any atom is -0.480 e. The van der Waals surface area contributed by atoms with Gasteiger partial charge in [-0.15, -0.1) is 0 Å². The molecule has 0 aromatic carbocycles. The van der Waals surface area contributed by atoms with Crippen LogP contribution in [0.2, 0.25) is 0 Å². The third-order valence-corrected chi connectivity index (χ3v) is 5.95. The number of aliphatic hydroxyl groups excluding tert-OH is 2. The van der Waals surface area contributed by atoms with Crippen molar-refractivity contribution >= 4 is 24.1 Å². The van der Waals surface area contributed by atoms with E-state index < -0.39 is 90.4 Å². The highest BCUT2D eigenvalue weighted by Gasteiger charge is 2.51. The number of nitrogens with zero attached hydrogens (tertiary/aromatic N) is 2. The lowest BCUT2D eigenvalue weighted by atomic mass is 10.0. The summed E-state index contributed by atoms with van der Waals surface area (Å²) in [5, 5.41) is 33.1. The van der Waals surface area contributed by atoms with E-state index >= 15 is 0 Å². The van der Waals surface area contributed by atoms with Gasteiger partial charge < -0.3 is 45.3 Å². The number of hydrogen-bond acceptors (Lipinski definition) is 12. The van der Waals surface area contributed by atoms with E-state index in [2.05, 4.69) is 5.32 Å². The lowest BCUT2D eigenvalue weighted by Crippen LogP contribution is -2.61. The van der Waals surface area contributed by atoms with E-state index in [0.717, 1.165) is 21.7 Å². The number of ether oxygens (including phenoxy) is 4. The number of rotatable bonds is 7. The molecule has 3 rings (SSSR count). The average molecular weight is 574 g/mol. The van der Waals surface area contributed by atoms with E-state index in [9.17, 15) is 44.1 Å². The number of hydrogen-bond donors (Lipinski definition) is 6. The summed E-state index contributed by atoms with van der Waals surface area (Å²) in [5.41, 5.74) is 2.27. The molecule has 0 spiro atoms. The minimum absolute atomic E-state index is 0.267. The number of aromatic nitrogens is 2. The van der Waals surface area contributed by atoms with Crippen LogP contribution in [0.25, 0.3) is 0 Å². The Balaban J connectivity index is 1.84. The smallest absolute Gasteiger partial charge is 0.412 e. The second kappa shape index (κ2) is 12.0. The fourth-order valence-electron chi connectivity index (χ4n) is 4.11. The van der Waals surface area contributed by atoms with Gasteiger partial charge in [-0.3, -0.25) is 24.0 Å². The number of aliphatic hydroxyl groups is 2. The van der Waals surface area contributed by atoms with Crippen LogP contribution in [0.3, 0.4) is 0 Å². The maximum atomic E-state index is 13.4. The van der Waals surface area contributed by atoms with Crippen molar-refractivity contribution in [2.45, 2.75) is 75.5 Å². The van der Waals surface area contributed by atoms with Crippen LogP contribution in [0.5, 0.6) is 0 Å². The molecule has 2 aliphatic rings. The number of carboxylic acids is 1. The molecule has 2 fully saturated rings. The molecule has 7 atom stereocenters. The lowest BCUT2D eigenvalue weighted by Gasteiger charge is -2.39. The summed E-state index contributed by atoms with van der Waals surface area (Å²) in [6.07, 6.45) is -9.38. The van der Waals surface area contributed by atoms with Gasteiger partial charge in [-0.1, -0.05) is 0 Å². The zero-order valence-electron chi connectivity index (χ0n) is 21.7. The van der Waals surface area contributed by atoms with Crippen molar-refractivity contribution in [2.24, 2.45) is 5.73 Å². The third kappa shape index (κ3) is 7.14. The van der Waals surface area contributed by atoms with E-state index in [1.165, 1.54) is 0 Å². The number of amides is 3. The number of carbonyl (C=O) groups excluding carboxylic acids is 3. The van der Waals surface area contributed by atoms with Crippen LogP contribution >= 0.6 is 0 Å². The van der Waals surface area contributed by atoms with Gasteiger partial charge in [0.1, 0.15) is 43.3 Å². The first-order chi connectivity index (χ1) is 18.6. The van der Waals surface area contributed by atoms with Crippen LogP contribution in [0.1, 0.15) is 33.4 Å². The summed E-state index contributed by atoms with van der Waals surface area (Å²) in [7, 11) is 0. The Morgan fingerprint density at radius 1 is 1.23 bits per heavy atom. The summed E-state index contributed by atoms with van der Waals surface area (Å²) in [6.45, 7) is 3.90. The van der Waals surface area contributed by atoms with Gasteiger partial charge in [-0.05, 0) is 20.8 Å². The zero-order valence-corrected chi connectivity index (χ0v) is 21.7. The topological polar surface area (TPSA) is 262 Å². The molecule has 222 valence electrons. The molecule has 0 bridgehead atoms. The molecule has 2 saturated heterocycles. The Morgan fingerprint density at radius 2 is 1.90 bits per heavy atom. The molecule has 40 heavy (non-hydrogen) atoms. The molecule has 18 heteroatoms. The molecular formula is C22H31N5O13.